The lowest BCUT2D eigenvalue weighted by Crippen LogP contribution is -2.06. The van der Waals surface area contributed by atoms with Crippen LogP contribution >= 0.6 is 0 Å². The number of H-pyrrole nitrogens is 1. The number of allylic oxidation sites excluding steroid dienone is 3. The van der Waals surface area contributed by atoms with Gasteiger partial charge in [-0.3, -0.25) is 4.79 Å². The van der Waals surface area contributed by atoms with Crippen LogP contribution in [0.2, 0.25) is 0 Å². The van der Waals surface area contributed by atoms with Gasteiger partial charge in [-0.15, -0.1) is 21.9 Å². The number of nitrogens with one attached hydrogen (secondary N) is 1. The molecular formula is C11H13N7O. The Morgan fingerprint density at radius 1 is 1.47 bits per heavy atom. The predicted molar refractivity (Wildman–Crippen MR) is 67.8 cm³/mol. The lowest BCUT2D eigenvalue weighted by Gasteiger charge is -2.03. The van der Waals surface area contributed by atoms with Gasteiger partial charge in [-0.25, -0.2) is 4.98 Å². The third-order valence-electron chi connectivity index (χ3n) is 2.57. The molecule has 0 fully saturated rings. The highest BCUT2D eigenvalue weighted by Gasteiger charge is 2.14. The molecule has 2 heterocycles. The largest absolute Gasteiger partial charge is 0.273 e. The molecule has 0 saturated carbocycles. The van der Waals surface area contributed by atoms with Crippen molar-refractivity contribution >= 4 is 17.1 Å². The van der Waals surface area contributed by atoms with Crippen molar-refractivity contribution < 1.29 is 4.79 Å². The van der Waals surface area contributed by atoms with Crippen LogP contribution in [0, 0.1) is 0 Å². The summed E-state index contributed by atoms with van der Waals surface area (Å²) < 4.78 is 1.18. The number of tetrazole rings is 1. The Morgan fingerprint density at radius 3 is 2.79 bits per heavy atom. The van der Waals surface area contributed by atoms with E-state index in [0.717, 1.165) is 11.1 Å². The third kappa shape index (κ3) is 2.62. The smallest absolute Gasteiger partial charge is 0.245 e. The molecule has 0 radical (unpaired) electrons. The molecule has 2 rings (SSSR count). The Bertz CT molecular complexity index is 623. The van der Waals surface area contributed by atoms with Crippen molar-refractivity contribution in [3.8, 4) is 0 Å². The Morgan fingerprint density at radius 2 is 2.26 bits per heavy atom. The number of carbonyl (C=O) groups is 1. The summed E-state index contributed by atoms with van der Waals surface area (Å²) in [5.74, 6) is 0.727. The molecule has 0 aromatic carbocycles. The van der Waals surface area contributed by atoms with Gasteiger partial charge < -0.3 is 0 Å². The number of aromatic nitrogens is 7. The van der Waals surface area contributed by atoms with Gasteiger partial charge in [-0.1, -0.05) is 6.08 Å². The number of hydrogen-bond acceptors (Lipinski definition) is 6. The van der Waals surface area contributed by atoms with E-state index in [0.29, 0.717) is 18.1 Å². The monoisotopic (exact) mass is 259 g/mol. The minimum atomic E-state index is -0.198. The molecule has 1 N–H and O–H groups in total. The van der Waals surface area contributed by atoms with E-state index in [2.05, 4.69) is 37.3 Å². The molecule has 8 heteroatoms. The Labute approximate surface area is 109 Å². The normalized spacial score (nSPS) is 12.1. The maximum absolute atomic E-state index is 11.2. The van der Waals surface area contributed by atoms with Crippen LogP contribution in [0.5, 0.6) is 0 Å². The van der Waals surface area contributed by atoms with Gasteiger partial charge in [0.1, 0.15) is 6.33 Å². The topological polar surface area (TPSA) is 102 Å². The predicted octanol–water partition coefficient (Wildman–Crippen LogP) is 0.958. The summed E-state index contributed by atoms with van der Waals surface area (Å²) in [5, 5.41) is 17.9. The summed E-state index contributed by atoms with van der Waals surface area (Å²) in [6, 6.07) is 0. The van der Waals surface area contributed by atoms with E-state index < -0.39 is 0 Å². The second kappa shape index (κ2) is 5.34. The van der Waals surface area contributed by atoms with Gasteiger partial charge >= 0.3 is 0 Å². The molecule has 0 atom stereocenters. The van der Waals surface area contributed by atoms with E-state index in [4.69, 9.17) is 0 Å². The maximum Gasteiger partial charge on any atom is 0.245 e. The fraction of sp³-hybridized carbons (Fsp3) is 0.273. The summed E-state index contributed by atoms with van der Waals surface area (Å²) in [7, 11) is 0. The quantitative estimate of drug-likeness (QED) is 0.820. The van der Waals surface area contributed by atoms with Crippen LogP contribution in [-0.4, -0.2) is 41.3 Å². The van der Waals surface area contributed by atoms with Crippen molar-refractivity contribution in [1.29, 1.82) is 0 Å². The second-order valence-electron chi connectivity index (χ2n) is 3.86. The van der Waals surface area contributed by atoms with Crippen molar-refractivity contribution in [3.05, 3.63) is 30.6 Å². The summed E-state index contributed by atoms with van der Waals surface area (Å²) >= 11 is 0. The van der Waals surface area contributed by atoms with Gasteiger partial charge in [-0.05, 0) is 18.6 Å². The van der Waals surface area contributed by atoms with E-state index in [1.165, 1.54) is 17.9 Å². The number of hydrogen-bond donors (Lipinski definition) is 1. The van der Waals surface area contributed by atoms with Crippen LogP contribution in [0.4, 0.5) is 0 Å². The van der Waals surface area contributed by atoms with E-state index in [1.807, 2.05) is 6.92 Å². The van der Waals surface area contributed by atoms with Crippen LogP contribution in [0.25, 0.3) is 11.1 Å². The van der Waals surface area contributed by atoms with Crippen molar-refractivity contribution in [3.63, 3.8) is 0 Å². The standard InChI is InChI=1S/C11H13N7O/c1-4-5-9(11-13-16-17-14-11)7(2)10-12-6-18(15-10)8(3)19/h4,6H,1,5H2,2-3H3,(H,13,14,16,17)/b9-7-. The van der Waals surface area contributed by atoms with Gasteiger partial charge in [0.2, 0.25) is 11.7 Å². The summed E-state index contributed by atoms with van der Waals surface area (Å²) in [5.41, 5.74) is 1.59. The van der Waals surface area contributed by atoms with Gasteiger partial charge in [0, 0.05) is 18.1 Å². The molecule has 0 aliphatic heterocycles. The second-order valence-corrected chi connectivity index (χ2v) is 3.86. The van der Waals surface area contributed by atoms with E-state index >= 15 is 0 Å². The van der Waals surface area contributed by atoms with Gasteiger partial charge in [0.15, 0.2) is 5.82 Å². The number of carbonyl (C=O) groups excluding carboxylic acids is 1. The Balaban J connectivity index is 2.46. The van der Waals surface area contributed by atoms with Crippen molar-refractivity contribution in [1.82, 2.24) is 35.4 Å². The fourth-order valence-electron chi connectivity index (χ4n) is 1.57. The molecule has 2 aromatic heterocycles. The van der Waals surface area contributed by atoms with E-state index in [-0.39, 0.29) is 5.91 Å². The zero-order chi connectivity index (χ0) is 13.8. The number of rotatable bonds is 4. The molecular weight excluding hydrogens is 246 g/mol. The minimum absolute atomic E-state index is 0.198. The van der Waals surface area contributed by atoms with Crippen molar-refractivity contribution in [2.45, 2.75) is 20.3 Å². The highest BCUT2D eigenvalue weighted by Crippen LogP contribution is 2.24. The molecule has 0 spiro atoms. The number of nitrogens with zero attached hydrogens (tertiary/aromatic N) is 6. The summed E-state index contributed by atoms with van der Waals surface area (Å²) in [6.45, 7) is 6.96. The van der Waals surface area contributed by atoms with Crippen LogP contribution in [0.15, 0.2) is 19.0 Å². The first-order valence-electron chi connectivity index (χ1n) is 5.61. The SMILES string of the molecule is C=CC/C(=C(\C)c1ncn(C(C)=O)n1)c1nn[nH]n1. The molecule has 98 valence electrons. The molecule has 2 aromatic rings. The lowest BCUT2D eigenvalue weighted by atomic mass is 10.1. The molecule has 0 aliphatic rings. The van der Waals surface area contributed by atoms with Crippen LogP contribution < -0.4 is 0 Å². The van der Waals surface area contributed by atoms with Crippen molar-refractivity contribution in [2.24, 2.45) is 0 Å². The molecule has 0 amide bonds. The summed E-state index contributed by atoms with van der Waals surface area (Å²) in [6.07, 6.45) is 3.67. The zero-order valence-corrected chi connectivity index (χ0v) is 10.7. The Kier molecular flexibility index (Phi) is 3.60. The van der Waals surface area contributed by atoms with Crippen molar-refractivity contribution in [2.75, 3.05) is 0 Å². The maximum atomic E-state index is 11.2. The number of aromatic amines is 1. The first kappa shape index (κ1) is 12.8. The molecule has 8 nitrogen and oxygen atoms in total. The zero-order valence-electron chi connectivity index (χ0n) is 10.7. The van der Waals surface area contributed by atoms with Crippen LogP contribution in [-0.2, 0) is 0 Å². The molecule has 19 heavy (non-hydrogen) atoms. The lowest BCUT2D eigenvalue weighted by molar-refractivity contribution is 0.0920. The molecule has 0 bridgehead atoms. The first-order chi connectivity index (χ1) is 9.13. The Hall–Kier alpha value is -2.64. The fourth-order valence-corrected chi connectivity index (χ4v) is 1.57. The molecule has 0 unspecified atom stereocenters. The minimum Gasteiger partial charge on any atom is -0.273 e. The average Bonchev–Trinajstić information content (AvgIpc) is 3.05. The van der Waals surface area contributed by atoms with Crippen LogP contribution in [0.1, 0.15) is 36.7 Å². The highest BCUT2D eigenvalue weighted by atomic mass is 16.2. The third-order valence-corrected chi connectivity index (χ3v) is 2.57. The van der Waals surface area contributed by atoms with E-state index in [1.54, 1.807) is 6.08 Å². The van der Waals surface area contributed by atoms with Gasteiger partial charge in [-0.2, -0.15) is 9.90 Å². The van der Waals surface area contributed by atoms with Gasteiger partial charge in [0.05, 0.1) is 0 Å². The van der Waals surface area contributed by atoms with Crippen LogP contribution in [0.3, 0.4) is 0 Å². The molecule has 0 saturated heterocycles. The van der Waals surface area contributed by atoms with Gasteiger partial charge in [0.25, 0.3) is 0 Å². The summed E-state index contributed by atoms with van der Waals surface area (Å²) in [4.78, 5) is 15.3. The molecule has 0 aliphatic carbocycles. The first-order valence-corrected chi connectivity index (χ1v) is 5.61. The average molecular weight is 259 g/mol. The highest BCUT2D eigenvalue weighted by molar-refractivity contribution is 5.86. The van der Waals surface area contributed by atoms with E-state index in [9.17, 15) is 4.79 Å².